The van der Waals surface area contributed by atoms with Gasteiger partial charge in [-0.05, 0) is 86.7 Å². The van der Waals surface area contributed by atoms with Crippen LogP contribution in [-0.2, 0) is 19.5 Å². The summed E-state index contributed by atoms with van der Waals surface area (Å²) in [5, 5.41) is 4.91. The molecule has 0 saturated carbocycles. The zero-order chi connectivity index (χ0) is 34.7. The van der Waals surface area contributed by atoms with Crippen molar-refractivity contribution in [3.63, 3.8) is 0 Å². The van der Waals surface area contributed by atoms with Gasteiger partial charge in [-0.15, -0.1) is 0 Å². The maximum atomic E-state index is 6.43. The number of aromatic nitrogens is 4. The maximum absolute atomic E-state index is 6.43. The first kappa shape index (κ1) is 32.4. The predicted octanol–water partition coefficient (Wildman–Crippen LogP) is 10.2. The fourth-order valence-electron chi connectivity index (χ4n) is 7.60. The lowest BCUT2D eigenvalue weighted by Crippen LogP contribution is -2.04. The average molecular weight is 675 g/mol. The summed E-state index contributed by atoms with van der Waals surface area (Å²) in [6, 6.07) is 36.1. The monoisotopic (exact) mass is 674 g/mol. The molecule has 4 aromatic heterocycles. The summed E-state index contributed by atoms with van der Waals surface area (Å²) in [4.78, 5) is 9.54. The van der Waals surface area contributed by atoms with Crippen molar-refractivity contribution in [2.75, 3.05) is 20.8 Å². The summed E-state index contributed by atoms with van der Waals surface area (Å²) in [6.07, 6.45) is 7.78. The molecule has 7 nitrogen and oxygen atoms in total. The predicted molar refractivity (Wildman–Crippen MR) is 207 cm³/mol. The zero-order valence-corrected chi connectivity index (χ0v) is 29.4. The van der Waals surface area contributed by atoms with Crippen LogP contribution < -0.4 is 14.2 Å². The van der Waals surface area contributed by atoms with Crippen molar-refractivity contribution < 1.29 is 14.2 Å². The molecule has 51 heavy (non-hydrogen) atoms. The van der Waals surface area contributed by atoms with Crippen molar-refractivity contribution in [3.05, 3.63) is 127 Å². The molecule has 8 aromatic rings. The Morgan fingerprint density at radius 3 is 2.16 bits per heavy atom. The van der Waals surface area contributed by atoms with E-state index in [1.165, 1.54) is 43.7 Å². The number of para-hydroxylation sites is 1. The Kier molecular flexibility index (Phi) is 9.01. The van der Waals surface area contributed by atoms with Crippen LogP contribution in [-0.4, -0.2) is 39.9 Å². The molecular weight excluding hydrogens is 633 g/mol. The highest BCUT2D eigenvalue weighted by Gasteiger charge is 2.18. The standard InChI is InChI=1S/C44H42N4O3/c1-30-43-36(21-23-45-30)35-19-18-33(29-39(35)48(43)26-11-14-31-12-5-4-6-13-31)51-27-10-9-25-47-38-16-8-7-15-34(38)37-22-24-46-42(44(37)47)32-17-20-40(49-2)41(28-32)50-3/h4-8,12-13,15-24,28-29H,9-11,14,25-27H2,1-3H3. The summed E-state index contributed by atoms with van der Waals surface area (Å²) in [6.45, 7) is 4.51. The van der Waals surface area contributed by atoms with Gasteiger partial charge in [-0.3, -0.25) is 9.97 Å². The van der Waals surface area contributed by atoms with E-state index in [9.17, 15) is 0 Å². The van der Waals surface area contributed by atoms with Crippen LogP contribution >= 0.6 is 0 Å². The number of nitrogens with zero attached hydrogens (tertiary/aromatic N) is 4. The quantitative estimate of drug-likeness (QED) is 0.114. The largest absolute Gasteiger partial charge is 0.494 e. The third-order valence-electron chi connectivity index (χ3n) is 10.00. The fraction of sp³-hybridized carbons (Fsp3) is 0.227. The van der Waals surface area contributed by atoms with E-state index in [2.05, 4.69) is 112 Å². The highest BCUT2D eigenvalue weighted by Crippen LogP contribution is 2.38. The third kappa shape index (κ3) is 6.14. The number of pyridine rings is 2. The lowest BCUT2D eigenvalue weighted by Gasteiger charge is -2.13. The van der Waals surface area contributed by atoms with Gasteiger partial charge in [0.2, 0.25) is 0 Å². The minimum atomic E-state index is 0.637. The maximum Gasteiger partial charge on any atom is 0.161 e. The third-order valence-corrected chi connectivity index (χ3v) is 10.00. The molecule has 8 rings (SSSR count). The molecule has 0 N–H and O–H groups in total. The summed E-state index contributed by atoms with van der Waals surface area (Å²) in [5.74, 6) is 2.29. The molecule has 0 aliphatic heterocycles. The van der Waals surface area contributed by atoms with Crippen LogP contribution in [0.2, 0.25) is 0 Å². The highest BCUT2D eigenvalue weighted by atomic mass is 16.5. The minimum Gasteiger partial charge on any atom is -0.494 e. The van der Waals surface area contributed by atoms with Crippen molar-refractivity contribution >= 4 is 43.6 Å². The first-order valence-corrected chi connectivity index (χ1v) is 17.8. The van der Waals surface area contributed by atoms with Crippen molar-refractivity contribution in [2.45, 2.75) is 45.7 Å². The van der Waals surface area contributed by atoms with E-state index in [1.54, 1.807) is 14.2 Å². The molecule has 256 valence electrons. The average Bonchev–Trinajstić information content (AvgIpc) is 3.67. The number of aryl methyl sites for hydroxylation is 4. The molecule has 0 aliphatic rings. The molecule has 0 aliphatic carbocycles. The molecule has 4 heterocycles. The van der Waals surface area contributed by atoms with Gasteiger partial charge in [-0.25, -0.2) is 0 Å². The van der Waals surface area contributed by atoms with E-state index < -0.39 is 0 Å². The van der Waals surface area contributed by atoms with Crippen LogP contribution in [0, 0.1) is 6.92 Å². The summed E-state index contributed by atoms with van der Waals surface area (Å²) in [5.41, 5.74) is 9.09. The van der Waals surface area contributed by atoms with Crippen LogP contribution in [0.15, 0.2) is 116 Å². The van der Waals surface area contributed by atoms with Gasteiger partial charge in [-0.2, -0.15) is 0 Å². The molecule has 0 atom stereocenters. The Balaban J connectivity index is 1.02. The van der Waals surface area contributed by atoms with E-state index in [-0.39, 0.29) is 0 Å². The summed E-state index contributed by atoms with van der Waals surface area (Å²) >= 11 is 0. The SMILES string of the molecule is COc1ccc(-c2nccc3c4ccccc4n(CCCCOc4ccc5c6ccnc(C)c6n(CCCc6ccccc6)c5c4)c23)cc1OC. The van der Waals surface area contributed by atoms with Gasteiger partial charge in [0.05, 0.1) is 48.8 Å². The molecular formula is C44H42N4O3. The summed E-state index contributed by atoms with van der Waals surface area (Å²) < 4.78 is 22.4. The molecule has 0 fully saturated rings. The lowest BCUT2D eigenvalue weighted by molar-refractivity contribution is 0.304. The molecule has 0 bridgehead atoms. The second-order valence-corrected chi connectivity index (χ2v) is 13.1. The molecule has 4 aromatic carbocycles. The van der Waals surface area contributed by atoms with E-state index in [0.29, 0.717) is 18.1 Å². The fourth-order valence-corrected chi connectivity index (χ4v) is 7.60. The smallest absolute Gasteiger partial charge is 0.161 e. The van der Waals surface area contributed by atoms with Crippen LogP contribution in [0.4, 0.5) is 0 Å². The number of unbranched alkanes of at least 4 members (excludes halogenated alkanes) is 1. The first-order valence-electron chi connectivity index (χ1n) is 17.8. The zero-order valence-electron chi connectivity index (χ0n) is 29.4. The number of fused-ring (bicyclic) bond motifs is 6. The Morgan fingerprint density at radius 1 is 0.588 bits per heavy atom. The Labute approximate surface area is 298 Å². The number of hydrogen-bond acceptors (Lipinski definition) is 5. The molecule has 7 heteroatoms. The molecule has 0 spiro atoms. The lowest BCUT2D eigenvalue weighted by atomic mass is 10.1. The highest BCUT2D eigenvalue weighted by molar-refractivity contribution is 6.12. The minimum absolute atomic E-state index is 0.637. The van der Waals surface area contributed by atoms with Gasteiger partial charge in [0.1, 0.15) is 5.75 Å². The van der Waals surface area contributed by atoms with Crippen molar-refractivity contribution in [3.8, 4) is 28.5 Å². The van der Waals surface area contributed by atoms with E-state index in [4.69, 9.17) is 19.2 Å². The number of ether oxygens (including phenoxy) is 3. The number of hydrogen-bond donors (Lipinski definition) is 0. The normalized spacial score (nSPS) is 11.6. The van der Waals surface area contributed by atoms with Gasteiger partial charge >= 0.3 is 0 Å². The van der Waals surface area contributed by atoms with Crippen molar-refractivity contribution in [1.29, 1.82) is 0 Å². The Morgan fingerprint density at radius 2 is 1.31 bits per heavy atom. The molecule has 0 radical (unpaired) electrons. The van der Waals surface area contributed by atoms with E-state index >= 15 is 0 Å². The number of benzene rings is 4. The summed E-state index contributed by atoms with van der Waals surface area (Å²) in [7, 11) is 3.32. The van der Waals surface area contributed by atoms with Gasteiger partial charge < -0.3 is 23.3 Å². The van der Waals surface area contributed by atoms with E-state index in [0.717, 1.165) is 67.0 Å². The topological polar surface area (TPSA) is 63.3 Å². The molecule has 0 unspecified atom stereocenters. The molecule has 0 amide bonds. The Hall–Kier alpha value is -5.82. The van der Waals surface area contributed by atoms with Gasteiger partial charge in [0, 0.05) is 64.2 Å². The van der Waals surface area contributed by atoms with E-state index in [1.807, 2.05) is 24.5 Å². The van der Waals surface area contributed by atoms with Gasteiger partial charge in [0.15, 0.2) is 11.5 Å². The van der Waals surface area contributed by atoms with Crippen LogP contribution in [0.1, 0.15) is 30.5 Å². The second kappa shape index (κ2) is 14.2. The Bertz CT molecular complexity index is 2480. The second-order valence-electron chi connectivity index (χ2n) is 13.1. The van der Waals surface area contributed by atoms with Gasteiger partial charge in [0.25, 0.3) is 0 Å². The van der Waals surface area contributed by atoms with Crippen LogP contribution in [0.5, 0.6) is 17.2 Å². The molecule has 0 saturated heterocycles. The van der Waals surface area contributed by atoms with Gasteiger partial charge in [-0.1, -0.05) is 48.5 Å². The van der Waals surface area contributed by atoms with Crippen molar-refractivity contribution in [2.24, 2.45) is 0 Å². The van der Waals surface area contributed by atoms with Crippen molar-refractivity contribution in [1.82, 2.24) is 19.1 Å². The first-order chi connectivity index (χ1) is 25.1. The number of rotatable bonds is 13. The number of methoxy groups -OCH3 is 2. The van der Waals surface area contributed by atoms with Crippen LogP contribution in [0.3, 0.4) is 0 Å². The van der Waals surface area contributed by atoms with Crippen LogP contribution in [0.25, 0.3) is 54.9 Å².